The maximum atomic E-state index is 12.3. The Balaban J connectivity index is 2.87. The highest BCUT2D eigenvalue weighted by Crippen LogP contribution is 2.29. The number of benzene rings is 1. The predicted molar refractivity (Wildman–Crippen MR) is 63.6 cm³/mol. The third-order valence-corrected chi connectivity index (χ3v) is 2.47. The Morgan fingerprint density at radius 3 is 2.24 bits per heavy atom. The van der Waals surface area contributed by atoms with Gasteiger partial charge in [-0.25, -0.2) is 0 Å². The smallest absolute Gasteiger partial charge is 0.316 e. The monoisotopic (exact) mass is 243 g/mol. The normalized spacial score (nSPS) is 12.9. The molecule has 0 unspecified atom stereocenters. The van der Waals surface area contributed by atoms with E-state index in [1.54, 1.807) is 0 Å². The zero-order chi connectivity index (χ0) is 12.9. The van der Waals surface area contributed by atoms with Crippen molar-refractivity contribution in [3.8, 4) is 0 Å². The number of hydrogen-bond donors (Lipinski definition) is 1. The highest BCUT2D eigenvalue weighted by Gasteiger charge is 2.29. The molecule has 0 heterocycles. The number of likely N-dealkylation sites (N-methyl/N-ethyl adjacent to an activating group) is 1. The van der Waals surface area contributed by atoms with E-state index in [2.05, 4.69) is 5.32 Å². The summed E-state index contributed by atoms with van der Waals surface area (Å²) in [5, 5.41) is 3.03. The van der Waals surface area contributed by atoms with Crippen molar-refractivity contribution in [1.82, 2.24) is 5.32 Å². The van der Waals surface area contributed by atoms with Crippen LogP contribution < -0.4 is 5.32 Å². The second-order valence-electron chi connectivity index (χ2n) is 3.81. The quantitative estimate of drug-likeness (QED) is 0.849. The van der Waals surface area contributed by atoms with Crippen molar-refractivity contribution in [1.29, 1.82) is 0 Å². The van der Waals surface area contributed by atoms with Gasteiger partial charge < -0.3 is 5.32 Å². The summed E-state index contributed by atoms with van der Waals surface area (Å²) >= 11 is 0. The van der Waals surface area contributed by atoms with Crippen molar-refractivity contribution in [2.24, 2.45) is 0 Å². The van der Waals surface area contributed by atoms with Crippen LogP contribution in [0.4, 0.5) is 13.2 Å². The van der Waals surface area contributed by atoms with Crippen molar-refractivity contribution < 1.29 is 13.2 Å². The van der Waals surface area contributed by atoms with Crippen molar-refractivity contribution >= 4 is 6.08 Å². The van der Waals surface area contributed by atoms with Crippen molar-refractivity contribution in [3.63, 3.8) is 0 Å². The lowest BCUT2D eigenvalue weighted by Crippen LogP contribution is -2.09. The van der Waals surface area contributed by atoms with Crippen LogP contribution in [0.5, 0.6) is 0 Å². The van der Waals surface area contributed by atoms with Gasteiger partial charge in [0.2, 0.25) is 0 Å². The van der Waals surface area contributed by atoms with E-state index in [-0.39, 0.29) is 0 Å². The van der Waals surface area contributed by atoms with E-state index in [0.29, 0.717) is 0 Å². The van der Waals surface area contributed by atoms with E-state index < -0.39 is 11.7 Å². The summed E-state index contributed by atoms with van der Waals surface area (Å²) in [7, 11) is 1.84. The minimum Gasteiger partial charge on any atom is -0.316 e. The lowest BCUT2D eigenvalue weighted by Gasteiger charge is -2.07. The molecular formula is C13H16F3N. The Morgan fingerprint density at radius 1 is 1.24 bits per heavy atom. The molecule has 0 atom stereocenters. The molecule has 0 bridgehead atoms. The first-order valence-corrected chi connectivity index (χ1v) is 5.48. The second kappa shape index (κ2) is 5.87. The molecule has 0 aliphatic rings. The van der Waals surface area contributed by atoms with Crippen LogP contribution in [0.15, 0.2) is 29.8 Å². The molecule has 0 fully saturated rings. The van der Waals surface area contributed by atoms with Crippen LogP contribution >= 0.6 is 0 Å². The Hall–Kier alpha value is -1.29. The number of alkyl halides is 3. The largest absolute Gasteiger partial charge is 0.416 e. The van der Waals surface area contributed by atoms with Crippen LogP contribution in [0.25, 0.3) is 6.08 Å². The molecule has 0 aliphatic heterocycles. The van der Waals surface area contributed by atoms with E-state index in [0.717, 1.165) is 36.2 Å². The van der Waals surface area contributed by atoms with Crippen molar-refractivity contribution in [2.45, 2.75) is 19.5 Å². The molecule has 17 heavy (non-hydrogen) atoms. The van der Waals surface area contributed by atoms with Crippen molar-refractivity contribution in [2.75, 3.05) is 13.6 Å². The first kappa shape index (κ1) is 13.8. The summed E-state index contributed by atoms with van der Waals surface area (Å²) in [6, 6.07) is 5.21. The van der Waals surface area contributed by atoms with Gasteiger partial charge in [0.25, 0.3) is 0 Å². The molecule has 0 spiro atoms. The van der Waals surface area contributed by atoms with E-state index in [1.807, 2.05) is 20.0 Å². The second-order valence-corrected chi connectivity index (χ2v) is 3.81. The zero-order valence-corrected chi connectivity index (χ0v) is 9.93. The standard InChI is InChI=1S/C13H16F3N/c1-3-10(9-17-2)8-11-4-6-12(7-5-11)13(14,15)16/h4-8,17H,3,9H2,1-2H3. The van der Waals surface area contributed by atoms with Gasteiger partial charge in [0.15, 0.2) is 0 Å². The molecule has 0 aliphatic carbocycles. The minimum absolute atomic E-state index is 0.610. The summed E-state index contributed by atoms with van der Waals surface area (Å²) in [6.07, 6.45) is -1.47. The van der Waals surface area contributed by atoms with Gasteiger partial charge in [-0.15, -0.1) is 0 Å². The number of nitrogens with one attached hydrogen (secondary N) is 1. The summed E-state index contributed by atoms with van der Waals surface area (Å²) in [6.45, 7) is 2.77. The van der Waals surface area contributed by atoms with Crippen LogP contribution in [0.3, 0.4) is 0 Å². The van der Waals surface area contributed by atoms with Crippen LogP contribution in [-0.4, -0.2) is 13.6 Å². The third kappa shape index (κ3) is 4.23. The Kier molecular flexibility index (Phi) is 4.75. The average molecular weight is 243 g/mol. The maximum Gasteiger partial charge on any atom is 0.416 e. The van der Waals surface area contributed by atoms with E-state index in [1.165, 1.54) is 12.1 Å². The fraction of sp³-hybridized carbons (Fsp3) is 0.385. The number of halogens is 3. The highest BCUT2D eigenvalue weighted by atomic mass is 19.4. The molecule has 0 radical (unpaired) electrons. The van der Waals surface area contributed by atoms with Gasteiger partial charge in [-0.3, -0.25) is 0 Å². The molecule has 1 rings (SSSR count). The first-order valence-electron chi connectivity index (χ1n) is 5.48. The van der Waals surface area contributed by atoms with Crippen LogP contribution in [-0.2, 0) is 6.18 Å². The molecule has 1 aromatic carbocycles. The summed E-state index contributed by atoms with van der Waals surface area (Å²) in [4.78, 5) is 0. The lowest BCUT2D eigenvalue weighted by molar-refractivity contribution is -0.137. The van der Waals surface area contributed by atoms with Gasteiger partial charge >= 0.3 is 6.18 Å². The molecule has 4 heteroatoms. The zero-order valence-electron chi connectivity index (χ0n) is 9.93. The molecular weight excluding hydrogens is 227 g/mol. The van der Waals surface area contributed by atoms with E-state index in [4.69, 9.17) is 0 Å². The average Bonchev–Trinajstić information content (AvgIpc) is 2.28. The number of hydrogen-bond acceptors (Lipinski definition) is 1. The molecule has 0 aromatic heterocycles. The fourth-order valence-electron chi connectivity index (χ4n) is 1.51. The van der Waals surface area contributed by atoms with E-state index >= 15 is 0 Å². The van der Waals surface area contributed by atoms with Crippen LogP contribution in [0.1, 0.15) is 24.5 Å². The predicted octanol–water partition coefficient (Wildman–Crippen LogP) is 3.72. The minimum atomic E-state index is -4.26. The number of rotatable bonds is 4. The fourth-order valence-corrected chi connectivity index (χ4v) is 1.51. The summed E-state index contributed by atoms with van der Waals surface area (Å²) < 4.78 is 37.0. The van der Waals surface area contributed by atoms with E-state index in [9.17, 15) is 13.2 Å². The molecule has 1 aromatic rings. The summed E-state index contributed by atoms with van der Waals surface area (Å²) in [5.41, 5.74) is 1.35. The molecule has 1 N–H and O–H groups in total. The van der Waals surface area contributed by atoms with Gasteiger partial charge in [0, 0.05) is 6.54 Å². The van der Waals surface area contributed by atoms with Gasteiger partial charge in [0.05, 0.1) is 5.56 Å². The summed E-state index contributed by atoms with van der Waals surface area (Å²) in [5.74, 6) is 0. The highest BCUT2D eigenvalue weighted by molar-refractivity contribution is 5.53. The van der Waals surface area contributed by atoms with Gasteiger partial charge in [0.1, 0.15) is 0 Å². The Morgan fingerprint density at radius 2 is 1.82 bits per heavy atom. The molecule has 0 saturated carbocycles. The van der Waals surface area contributed by atoms with Crippen molar-refractivity contribution in [3.05, 3.63) is 41.0 Å². The molecule has 1 nitrogen and oxygen atoms in total. The maximum absolute atomic E-state index is 12.3. The van der Waals surface area contributed by atoms with Gasteiger partial charge in [-0.1, -0.05) is 30.7 Å². The molecule has 0 amide bonds. The van der Waals surface area contributed by atoms with Crippen LogP contribution in [0, 0.1) is 0 Å². The Bertz CT molecular complexity index is 377. The third-order valence-electron chi connectivity index (χ3n) is 2.47. The topological polar surface area (TPSA) is 12.0 Å². The van der Waals surface area contributed by atoms with Crippen LogP contribution in [0.2, 0.25) is 0 Å². The van der Waals surface area contributed by atoms with Gasteiger partial charge in [-0.05, 0) is 31.2 Å². The first-order chi connectivity index (χ1) is 7.97. The lowest BCUT2D eigenvalue weighted by atomic mass is 10.1. The SMILES string of the molecule is CCC(=Cc1ccc(C(F)(F)F)cc1)CNC. The Labute approximate surface area is 99.3 Å². The molecule has 94 valence electrons. The molecule has 0 saturated heterocycles. The van der Waals surface area contributed by atoms with Gasteiger partial charge in [-0.2, -0.15) is 13.2 Å².